The number of hydrogen-bond donors (Lipinski definition) is 1. The molecule has 1 aliphatic rings. The quantitative estimate of drug-likeness (QED) is 0.861. The number of halogens is 1. The molecule has 2 heterocycles. The van der Waals surface area contributed by atoms with E-state index in [0.29, 0.717) is 28.7 Å². The topological polar surface area (TPSA) is 68.5 Å². The lowest BCUT2D eigenvalue weighted by atomic mass is 10.1. The first-order valence-corrected chi connectivity index (χ1v) is 6.44. The molecule has 0 radical (unpaired) electrons. The van der Waals surface area contributed by atoms with E-state index in [1.165, 1.54) is 0 Å². The minimum Gasteiger partial charge on any atom is -0.482 e. The molecule has 0 saturated carbocycles. The second-order valence-electron chi connectivity index (χ2n) is 4.46. The minimum atomic E-state index is -0.129. The fourth-order valence-corrected chi connectivity index (χ4v) is 2.27. The molecule has 102 valence electrons. The number of pyridine rings is 1. The van der Waals surface area contributed by atoms with Crippen LogP contribution in [0.15, 0.2) is 36.7 Å². The predicted molar refractivity (Wildman–Crippen MR) is 76.8 cm³/mol. The molecule has 1 aliphatic heterocycles. The Morgan fingerprint density at radius 1 is 1.40 bits per heavy atom. The molecule has 3 rings (SSSR count). The Bertz CT molecular complexity index is 675. The summed E-state index contributed by atoms with van der Waals surface area (Å²) >= 11 is 6.09. The molecule has 0 atom stereocenters. The number of hydrogen-bond acceptors (Lipinski definition) is 4. The van der Waals surface area contributed by atoms with Gasteiger partial charge in [-0.15, -0.1) is 0 Å². The van der Waals surface area contributed by atoms with Gasteiger partial charge in [-0.3, -0.25) is 9.78 Å². The molecule has 0 aliphatic carbocycles. The standard InChI is InChI=1S/C14H12ClN3O2/c15-11-6-17-4-3-9(11)7-18-12-5-10(16)1-2-13(12)20-8-14(18)19/h1-6H,7-8,16H2. The molecule has 0 unspecified atom stereocenters. The molecule has 0 bridgehead atoms. The first-order valence-electron chi connectivity index (χ1n) is 6.06. The van der Waals surface area contributed by atoms with E-state index >= 15 is 0 Å². The van der Waals surface area contributed by atoms with Crippen molar-refractivity contribution in [2.75, 3.05) is 17.2 Å². The van der Waals surface area contributed by atoms with E-state index in [1.807, 2.05) is 0 Å². The third-order valence-corrected chi connectivity index (χ3v) is 3.45. The highest BCUT2D eigenvalue weighted by atomic mass is 35.5. The first-order chi connectivity index (χ1) is 9.65. The van der Waals surface area contributed by atoms with Crippen molar-refractivity contribution < 1.29 is 9.53 Å². The number of nitrogens with two attached hydrogens (primary N) is 1. The summed E-state index contributed by atoms with van der Waals surface area (Å²) in [5.41, 5.74) is 7.85. The van der Waals surface area contributed by atoms with Crippen molar-refractivity contribution in [3.05, 3.63) is 47.2 Å². The molecule has 20 heavy (non-hydrogen) atoms. The Kier molecular flexibility index (Phi) is 3.20. The Morgan fingerprint density at radius 2 is 2.25 bits per heavy atom. The fourth-order valence-electron chi connectivity index (χ4n) is 2.10. The average Bonchev–Trinajstić information content (AvgIpc) is 2.44. The molecule has 0 fully saturated rings. The molecule has 5 nitrogen and oxygen atoms in total. The highest BCUT2D eigenvalue weighted by Crippen LogP contribution is 2.35. The lowest BCUT2D eigenvalue weighted by Crippen LogP contribution is -2.38. The van der Waals surface area contributed by atoms with Crippen LogP contribution in [0.4, 0.5) is 11.4 Å². The number of anilines is 2. The number of amides is 1. The van der Waals surface area contributed by atoms with Crippen LogP contribution in [-0.2, 0) is 11.3 Å². The van der Waals surface area contributed by atoms with Crippen LogP contribution >= 0.6 is 11.6 Å². The van der Waals surface area contributed by atoms with Crippen LogP contribution in [0.5, 0.6) is 5.75 Å². The van der Waals surface area contributed by atoms with Gasteiger partial charge in [0.25, 0.3) is 5.91 Å². The summed E-state index contributed by atoms with van der Waals surface area (Å²) in [7, 11) is 0. The minimum absolute atomic E-state index is 0.0135. The normalized spacial score (nSPS) is 13.8. The number of rotatable bonds is 2. The summed E-state index contributed by atoms with van der Waals surface area (Å²) in [5, 5.41) is 0.525. The second-order valence-corrected chi connectivity index (χ2v) is 4.87. The van der Waals surface area contributed by atoms with Gasteiger partial charge in [0.05, 0.1) is 17.3 Å². The summed E-state index contributed by atoms with van der Waals surface area (Å²) in [6.07, 6.45) is 3.20. The summed E-state index contributed by atoms with van der Waals surface area (Å²) in [6, 6.07) is 7.02. The van der Waals surface area contributed by atoms with Gasteiger partial charge < -0.3 is 15.4 Å². The molecular formula is C14H12ClN3O2. The number of fused-ring (bicyclic) bond motifs is 1. The van der Waals surface area contributed by atoms with Crippen molar-refractivity contribution in [1.29, 1.82) is 0 Å². The lowest BCUT2D eigenvalue weighted by molar-refractivity contribution is -0.121. The molecule has 0 spiro atoms. The molecule has 0 saturated heterocycles. The Hall–Kier alpha value is -2.27. The Labute approximate surface area is 120 Å². The smallest absolute Gasteiger partial charge is 0.265 e. The van der Waals surface area contributed by atoms with Gasteiger partial charge in [0.1, 0.15) is 5.75 Å². The van der Waals surface area contributed by atoms with E-state index in [0.717, 1.165) is 5.56 Å². The third-order valence-electron chi connectivity index (χ3n) is 3.11. The molecule has 2 N–H and O–H groups in total. The SMILES string of the molecule is Nc1ccc2c(c1)N(Cc1ccncc1Cl)C(=O)CO2. The largest absolute Gasteiger partial charge is 0.482 e. The van der Waals surface area contributed by atoms with Crippen molar-refractivity contribution in [2.45, 2.75) is 6.54 Å². The molecule has 1 aromatic carbocycles. The van der Waals surface area contributed by atoms with Crippen molar-refractivity contribution in [1.82, 2.24) is 4.98 Å². The second kappa shape index (κ2) is 5.02. The highest BCUT2D eigenvalue weighted by molar-refractivity contribution is 6.31. The van der Waals surface area contributed by atoms with Crippen LogP contribution in [0, 0.1) is 0 Å². The molecule has 2 aromatic rings. The molecule has 1 aromatic heterocycles. The van der Waals surface area contributed by atoms with Crippen LogP contribution in [0.25, 0.3) is 0 Å². The summed E-state index contributed by atoms with van der Waals surface area (Å²) in [5.74, 6) is 0.514. The van der Waals surface area contributed by atoms with Gasteiger partial charge in [-0.2, -0.15) is 0 Å². The van der Waals surface area contributed by atoms with Gasteiger partial charge in [-0.05, 0) is 29.8 Å². The van der Waals surface area contributed by atoms with E-state index in [2.05, 4.69) is 4.98 Å². The van der Waals surface area contributed by atoms with Gasteiger partial charge in [0.15, 0.2) is 6.61 Å². The van der Waals surface area contributed by atoms with E-state index in [-0.39, 0.29) is 12.5 Å². The van der Waals surface area contributed by atoms with Crippen LogP contribution in [-0.4, -0.2) is 17.5 Å². The zero-order valence-corrected chi connectivity index (χ0v) is 11.3. The third kappa shape index (κ3) is 2.28. The molecule has 1 amide bonds. The summed E-state index contributed by atoms with van der Waals surface area (Å²) in [6.45, 7) is 0.375. The summed E-state index contributed by atoms with van der Waals surface area (Å²) < 4.78 is 5.40. The number of benzene rings is 1. The van der Waals surface area contributed by atoms with Gasteiger partial charge >= 0.3 is 0 Å². The monoisotopic (exact) mass is 289 g/mol. The van der Waals surface area contributed by atoms with Crippen molar-refractivity contribution in [2.24, 2.45) is 0 Å². The number of nitrogen functional groups attached to an aromatic ring is 1. The van der Waals surface area contributed by atoms with Crippen LogP contribution in [0.3, 0.4) is 0 Å². The zero-order valence-electron chi connectivity index (χ0n) is 10.5. The maximum absolute atomic E-state index is 12.1. The molecule has 6 heteroatoms. The van der Waals surface area contributed by atoms with Gasteiger partial charge in [0, 0.05) is 18.1 Å². The zero-order chi connectivity index (χ0) is 14.1. The molecular weight excluding hydrogens is 278 g/mol. The lowest BCUT2D eigenvalue weighted by Gasteiger charge is -2.29. The number of ether oxygens (including phenoxy) is 1. The van der Waals surface area contributed by atoms with E-state index in [4.69, 9.17) is 22.1 Å². The number of carbonyl (C=O) groups excluding carboxylic acids is 1. The van der Waals surface area contributed by atoms with Crippen molar-refractivity contribution in [3.63, 3.8) is 0 Å². The predicted octanol–water partition coefficient (Wildman–Crippen LogP) is 2.24. The van der Waals surface area contributed by atoms with Crippen LogP contribution in [0.2, 0.25) is 5.02 Å². The van der Waals surface area contributed by atoms with Crippen LogP contribution in [0.1, 0.15) is 5.56 Å². The maximum Gasteiger partial charge on any atom is 0.265 e. The van der Waals surface area contributed by atoms with Gasteiger partial charge in [-0.25, -0.2) is 0 Å². The van der Waals surface area contributed by atoms with E-state index < -0.39 is 0 Å². The first kappa shape index (κ1) is 12.7. The number of aromatic nitrogens is 1. The summed E-state index contributed by atoms with van der Waals surface area (Å²) in [4.78, 5) is 17.6. The van der Waals surface area contributed by atoms with Crippen LogP contribution < -0.4 is 15.4 Å². The van der Waals surface area contributed by atoms with E-state index in [9.17, 15) is 4.79 Å². The number of nitrogens with zero attached hydrogens (tertiary/aromatic N) is 2. The average molecular weight is 290 g/mol. The Balaban J connectivity index is 1.99. The number of carbonyl (C=O) groups is 1. The van der Waals surface area contributed by atoms with Gasteiger partial charge in [-0.1, -0.05) is 11.6 Å². The van der Waals surface area contributed by atoms with Gasteiger partial charge in [0.2, 0.25) is 0 Å². The highest BCUT2D eigenvalue weighted by Gasteiger charge is 2.26. The van der Waals surface area contributed by atoms with Crippen molar-refractivity contribution >= 4 is 28.9 Å². The van der Waals surface area contributed by atoms with Crippen molar-refractivity contribution in [3.8, 4) is 5.75 Å². The maximum atomic E-state index is 12.1. The Morgan fingerprint density at radius 3 is 3.05 bits per heavy atom. The van der Waals surface area contributed by atoms with E-state index in [1.54, 1.807) is 41.6 Å². The fraction of sp³-hybridized carbons (Fsp3) is 0.143.